The van der Waals surface area contributed by atoms with Gasteiger partial charge in [0.1, 0.15) is 0 Å². The minimum Gasteiger partial charge on any atom is -0.308 e. The van der Waals surface area contributed by atoms with E-state index >= 15 is 0 Å². The van der Waals surface area contributed by atoms with Gasteiger partial charge in [0.15, 0.2) is 0 Å². The second kappa shape index (κ2) is 6.58. The van der Waals surface area contributed by atoms with E-state index in [1.807, 2.05) is 23.5 Å². The van der Waals surface area contributed by atoms with Gasteiger partial charge in [0.2, 0.25) is 0 Å². The van der Waals surface area contributed by atoms with E-state index in [2.05, 4.69) is 24.4 Å². The Kier molecular flexibility index (Phi) is 5.07. The fourth-order valence-corrected chi connectivity index (χ4v) is 3.10. The molecule has 1 heterocycles. The summed E-state index contributed by atoms with van der Waals surface area (Å²) in [5.74, 6) is 0. The zero-order valence-electron chi connectivity index (χ0n) is 10.2. The molecule has 0 amide bonds. The van der Waals surface area contributed by atoms with E-state index in [1.165, 1.54) is 9.75 Å². The van der Waals surface area contributed by atoms with E-state index in [0.717, 1.165) is 30.1 Å². The highest BCUT2D eigenvalue weighted by atomic mass is 35.5. The van der Waals surface area contributed by atoms with Crippen molar-refractivity contribution in [2.24, 2.45) is 0 Å². The van der Waals surface area contributed by atoms with Gasteiger partial charge in [-0.05, 0) is 36.2 Å². The van der Waals surface area contributed by atoms with Gasteiger partial charge in [-0.3, -0.25) is 0 Å². The van der Waals surface area contributed by atoms with Crippen LogP contribution in [0, 0.1) is 0 Å². The first-order valence-corrected chi connectivity index (χ1v) is 7.48. The van der Waals surface area contributed by atoms with E-state index in [9.17, 15) is 0 Å². The Labute approximate surface area is 122 Å². The maximum atomic E-state index is 6.12. The average Bonchev–Trinajstić information content (AvgIpc) is 2.80. The largest absolute Gasteiger partial charge is 0.308 e. The van der Waals surface area contributed by atoms with Crippen LogP contribution in [0.25, 0.3) is 0 Å². The van der Waals surface area contributed by atoms with Crippen LogP contribution in [0.3, 0.4) is 0 Å². The van der Waals surface area contributed by atoms with E-state index in [4.69, 9.17) is 23.2 Å². The second-order valence-corrected chi connectivity index (χ2v) is 6.16. The predicted molar refractivity (Wildman–Crippen MR) is 80.7 cm³/mol. The van der Waals surface area contributed by atoms with Crippen LogP contribution in [0.1, 0.15) is 22.2 Å². The Morgan fingerprint density at radius 1 is 1.06 bits per heavy atom. The maximum absolute atomic E-state index is 6.12. The Morgan fingerprint density at radius 2 is 1.83 bits per heavy atom. The summed E-state index contributed by atoms with van der Waals surface area (Å²) in [5, 5.41) is 4.79. The lowest BCUT2D eigenvalue weighted by Crippen LogP contribution is -2.11. The SMILES string of the molecule is CCc1ccc(CNCc2ccc(Cl)cc2Cl)s1. The minimum absolute atomic E-state index is 0.676. The first-order valence-electron chi connectivity index (χ1n) is 5.91. The molecule has 2 aromatic rings. The third-order valence-electron chi connectivity index (χ3n) is 2.70. The Hall–Kier alpha value is -0.540. The molecule has 2 rings (SSSR count). The molecule has 1 nitrogen and oxygen atoms in total. The molecule has 18 heavy (non-hydrogen) atoms. The van der Waals surface area contributed by atoms with Gasteiger partial charge in [-0.25, -0.2) is 0 Å². The normalized spacial score (nSPS) is 10.8. The topological polar surface area (TPSA) is 12.0 Å². The molecule has 0 aliphatic carbocycles. The number of hydrogen-bond acceptors (Lipinski definition) is 2. The van der Waals surface area contributed by atoms with E-state index in [1.54, 1.807) is 6.07 Å². The molecule has 0 aliphatic heterocycles. The molecule has 96 valence electrons. The van der Waals surface area contributed by atoms with Gasteiger partial charge < -0.3 is 5.32 Å². The van der Waals surface area contributed by atoms with Crippen molar-refractivity contribution in [1.82, 2.24) is 5.32 Å². The molecule has 0 aliphatic rings. The third kappa shape index (κ3) is 3.72. The number of aryl methyl sites for hydroxylation is 1. The minimum atomic E-state index is 0.676. The number of nitrogens with one attached hydrogen (secondary N) is 1. The quantitative estimate of drug-likeness (QED) is 0.827. The van der Waals surface area contributed by atoms with E-state index in [0.29, 0.717) is 5.02 Å². The van der Waals surface area contributed by atoms with Crippen LogP contribution in [-0.2, 0) is 19.5 Å². The summed E-state index contributed by atoms with van der Waals surface area (Å²) >= 11 is 13.8. The zero-order valence-corrected chi connectivity index (χ0v) is 12.5. The summed E-state index contributed by atoms with van der Waals surface area (Å²) in [6.07, 6.45) is 1.10. The molecule has 1 aromatic heterocycles. The highest BCUT2D eigenvalue weighted by molar-refractivity contribution is 7.11. The molecule has 1 aromatic carbocycles. The van der Waals surface area contributed by atoms with Crippen LogP contribution in [0.2, 0.25) is 10.0 Å². The summed E-state index contributed by atoms with van der Waals surface area (Å²) in [6, 6.07) is 9.98. The summed E-state index contributed by atoms with van der Waals surface area (Å²) < 4.78 is 0. The Morgan fingerprint density at radius 3 is 2.50 bits per heavy atom. The molecule has 0 radical (unpaired) electrons. The molecule has 0 atom stereocenters. The smallest absolute Gasteiger partial charge is 0.0465 e. The van der Waals surface area contributed by atoms with Crippen molar-refractivity contribution >= 4 is 34.5 Å². The summed E-state index contributed by atoms with van der Waals surface area (Å²) in [4.78, 5) is 2.79. The fourth-order valence-electron chi connectivity index (χ4n) is 1.69. The lowest BCUT2D eigenvalue weighted by Gasteiger charge is -2.06. The Balaban J connectivity index is 1.88. The van der Waals surface area contributed by atoms with Crippen LogP contribution in [-0.4, -0.2) is 0 Å². The molecule has 0 bridgehead atoms. The monoisotopic (exact) mass is 299 g/mol. The van der Waals surface area contributed by atoms with Crippen molar-refractivity contribution in [3.05, 3.63) is 55.7 Å². The number of halogens is 2. The molecular weight excluding hydrogens is 285 g/mol. The van der Waals surface area contributed by atoms with Gasteiger partial charge in [-0.15, -0.1) is 11.3 Å². The standard InChI is InChI=1S/C14H15Cl2NS/c1-2-12-5-6-13(18-12)9-17-8-10-3-4-11(15)7-14(10)16/h3-7,17H,2,8-9H2,1H3. The number of hydrogen-bond donors (Lipinski definition) is 1. The molecule has 0 unspecified atom stereocenters. The van der Waals surface area contributed by atoms with Gasteiger partial charge >= 0.3 is 0 Å². The van der Waals surface area contributed by atoms with Crippen LogP contribution in [0.4, 0.5) is 0 Å². The Bertz CT molecular complexity index is 522. The number of rotatable bonds is 5. The van der Waals surface area contributed by atoms with Crippen molar-refractivity contribution in [3.8, 4) is 0 Å². The van der Waals surface area contributed by atoms with Crippen molar-refractivity contribution in [1.29, 1.82) is 0 Å². The first-order chi connectivity index (χ1) is 8.69. The van der Waals surface area contributed by atoms with Gasteiger partial charge in [-0.2, -0.15) is 0 Å². The zero-order chi connectivity index (χ0) is 13.0. The number of benzene rings is 1. The molecule has 0 spiro atoms. The molecule has 0 saturated heterocycles. The van der Waals surface area contributed by atoms with Crippen LogP contribution < -0.4 is 5.32 Å². The van der Waals surface area contributed by atoms with Crippen molar-refractivity contribution in [2.75, 3.05) is 0 Å². The predicted octanol–water partition coefficient (Wildman–Crippen LogP) is 4.91. The van der Waals surface area contributed by atoms with E-state index in [-0.39, 0.29) is 0 Å². The summed E-state index contributed by atoms with van der Waals surface area (Å²) in [5.41, 5.74) is 1.08. The molecular formula is C14H15Cl2NS. The number of thiophene rings is 1. The average molecular weight is 300 g/mol. The maximum Gasteiger partial charge on any atom is 0.0465 e. The van der Waals surface area contributed by atoms with Crippen LogP contribution in [0.15, 0.2) is 30.3 Å². The third-order valence-corrected chi connectivity index (χ3v) is 4.51. The molecule has 0 saturated carbocycles. The van der Waals surface area contributed by atoms with Crippen molar-refractivity contribution < 1.29 is 0 Å². The van der Waals surface area contributed by atoms with E-state index < -0.39 is 0 Å². The summed E-state index contributed by atoms with van der Waals surface area (Å²) in [7, 11) is 0. The highest BCUT2D eigenvalue weighted by Gasteiger charge is 2.02. The van der Waals surface area contributed by atoms with Crippen molar-refractivity contribution in [2.45, 2.75) is 26.4 Å². The second-order valence-electron chi connectivity index (χ2n) is 4.06. The fraction of sp³-hybridized carbons (Fsp3) is 0.286. The lowest BCUT2D eigenvalue weighted by molar-refractivity contribution is 0.701. The van der Waals surface area contributed by atoms with Crippen LogP contribution >= 0.6 is 34.5 Å². The molecule has 4 heteroatoms. The lowest BCUT2D eigenvalue weighted by atomic mass is 10.2. The van der Waals surface area contributed by atoms with Crippen molar-refractivity contribution in [3.63, 3.8) is 0 Å². The first kappa shape index (κ1) is 13.9. The summed E-state index contributed by atoms with van der Waals surface area (Å²) in [6.45, 7) is 3.81. The van der Waals surface area contributed by atoms with Gasteiger partial charge in [-0.1, -0.05) is 36.2 Å². The molecule has 0 fully saturated rings. The highest BCUT2D eigenvalue weighted by Crippen LogP contribution is 2.21. The van der Waals surface area contributed by atoms with Crippen LogP contribution in [0.5, 0.6) is 0 Å². The van der Waals surface area contributed by atoms with Gasteiger partial charge in [0, 0.05) is 32.9 Å². The molecule has 1 N–H and O–H groups in total. The van der Waals surface area contributed by atoms with Gasteiger partial charge in [0.05, 0.1) is 0 Å². The van der Waals surface area contributed by atoms with Gasteiger partial charge in [0.25, 0.3) is 0 Å².